The molecular weight excluding hydrogens is 347 g/mol. The van der Waals surface area contributed by atoms with E-state index >= 15 is 0 Å². The number of benzene rings is 1. The van der Waals surface area contributed by atoms with Gasteiger partial charge in [0.25, 0.3) is 0 Å². The van der Waals surface area contributed by atoms with E-state index in [-0.39, 0.29) is 0 Å². The summed E-state index contributed by atoms with van der Waals surface area (Å²) >= 11 is 8.18. The quantitative estimate of drug-likeness (QED) is 0.836. The Morgan fingerprint density at radius 2 is 2.12 bits per heavy atom. The van der Waals surface area contributed by atoms with Crippen molar-refractivity contribution in [1.29, 1.82) is 0 Å². The lowest BCUT2D eigenvalue weighted by atomic mass is 10.2. The van der Waals surface area contributed by atoms with E-state index < -0.39 is 0 Å². The Kier molecular flexibility index (Phi) is 4.62. The monoisotopic (exact) mass is 358 g/mol. The van der Waals surface area contributed by atoms with Crippen molar-refractivity contribution in [3.8, 4) is 0 Å². The second-order valence-corrected chi connectivity index (χ2v) is 5.22. The largest absolute Gasteiger partial charge is 0.384 e. The maximum absolute atomic E-state index is 5.90. The first-order chi connectivity index (χ1) is 8.25. The van der Waals surface area contributed by atoms with Crippen LogP contribution in [0.15, 0.2) is 42.6 Å². The summed E-state index contributed by atoms with van der Waals surface area (Å²) in [6.07, 6.45) is 2.74. The van der Waals surface area contributed by atoms with Gasteiger partial charge in [0, 0.05) is 39.1 Å². The van der Waals surface area contributed by atoms with E-state index in [0.717, 1.165) is 32.9 Å². The molecule has 0 bridgehead atoms. The third-order valence-corrected chi connectivity index (χ3v) is 3.48. The van der Waals surface area contributed by atoms with E-state index in [1.165, 1.54) is 0 Å². The van der Waals surface area contributed by atoms with Crippen LogP contribution in [0, 0.1) is 3.57 Å². The van der Waals surface area contributed by atoms with Crippen molar-refractivity contribution >= 4 is 39.9 Å². The number of halogens is 2. The zero-order chi connectivity index (χ0) is 12.1. The van der Waals surface area contributed by atoms with Crippen LogP contribution < -0.4 is 5.32 Å². The Bertz CT molecular complexity index is 488. The van der Waals surface area contributed by atoms with Crippen LogP contribution in [0.2, 0.25) is 5.02 Å². The Hall–Kier alpha value is -0.810. The van der Waals surface area contributed by atoms with Gasteiger partial charge in [-0.3, -0.25) is 4.98 Å². The maximum Gasteiger partial charge on any atom is 0.0477 e. The number of hydrogen-bond acceptors (Lipinski definition) is 2. The molecule has 0 aliphatic rings. The van der Waals surface area contributed by atoms with Crippen LogP contribution in [-0.4, -0.2) is 11.5 Å². The highest BCUT2D eigenvalue weighted by atomic mass is 127. The van der Waals surface area contributed by atoms with Gasteiger partial charge in [-0.25, -0.2) is 0 Å². The lowest BCUT2D eigenvalue weighted by molar-refractivity contribution is 0.960. The zero-order valence-electron chi connectivity index (χ0n) is 9.16. The second kappa shape index (κ2) is 6.21. The molecule has 4 heteroatoms. The highest BCUT2D eigenvalue weighted by Crippen LogP contribution is 2.22. The van der Waals surface area contributed by atoms with Gasteiger partial charge in [-0.1, -0.05) is 17.7 Å². The normalized spacial score (nSPS) is 10.2. The zero-order valence-corrected chi connectivity index (χ0v) is 12.1. The molecule has 0 spiro atoms. The molecule has 2 rings (SSSR count). The van der Waals surface area contributed by atoms with Gasteiger partial charge in [0.05, 0.1) is 0 Å². The standard InChI is InChI=1S/C13H12ClIN2/c14-10-4-5-13(12(15)9-10)17-8-6-11-3-1-2-7-16-11/h1-5,7,9,17H,6,8H2. The summed E-state index contributed by atoms with van der Waals surface area (Å²) < 4.78 is 1.14. The van der Waals surface area contributed by atoms with Gasteiger partial charge in [-0.2, -0.15) is 0 Å². The van der Waals surface area contributed by atoms with Gasteiger partial charge in [0.1, 0.15) is 0 Å². The van der Waals surface area contributed by atoms with Crippen LogP contribution in [0.1, 0.15) is 5.69 Å². The van der Waals surface area contributed by atoms with Crippen LogP contribution in [0.4, 0.5) is 5.69 Å². The average molecular weight is 359 g/mol. The molecule has 0 unspecified atom stereocenters. The van der Waals surface area contributed by atoms with Gasteiger partial charge in [0.15, 0.2) is 0 Å². The highest BCUT2D eigenvalue weighted by molar-refractivity contribution is 14.1. The van der Waals surface area contributed by atoms with Crippen LogP contribution in [0.25, 0.3) is 0 Å². The molecule has 2 nitrogen and oxygen atoms in total. The first-order valence-corrected chi connectivity index (χ1v) is 6.80. The number of nitrogens with zero attached hydrogens (tertiary/aromatic N) is 1. The fourth-order valence-corrected chi connectivity index (χ4v) is 2.57. The van der Waals surface area contributed by atoms with E-state index in [4.69, 9.17) is 11.6 Å². The summed E-state index contributed by atoms with van der Waals surface area (Å²) in [6.45, 7) is 0.870. The Morgan fingerprint density at radius 3 is 2.82 bits per heavy atom. The first-order valence-electron chi connectivity index (χ1n) is 5.34. The Labute approximate surface area is 120 Å². The number of pyridine rings is 1. The van der Waals surface area contributed by atoms with Gasteiger partial charge in [0.2, 0.25) is 0 Å². The third-order valence-electron chi connectivity index (χ3n) is 2.35. The molecule has 2 aromatic rings. The van der Waals surface area contributed by atoms with Crippen molar-refractivity contribution in [1.82, 2.24) is 4.98 Å². The van der Waals surface area contributed by atoms with Crippen LogP contribution >= 0.6 is 34.2 Å². The smallest absolute Gasteiger partial charge is 0.0477 e. The SMILES string of the molecule is Clc1ccc(NCCc2ccccn2)c(I)c1. The van der Waals surface area contributed by atoms with Gasteiger partial charge in [-0.05, 0) is 52.9 Å². The summed E-state index contributed by atoms with van der Waals surface area (Å²) in [5.41, 5.74) is 2.22. The van der Waals surface area contributed by atoms with Gasteiger partial charge >= 0.3 is 0 Å². The molecule has 1 heterocycles. The number of rotatable bonds is 4. The maximum atomic E-state index is 5.90. The topological polar surface area (TPSA) is 24.9 Å². The van der Waals surface area contributed by atoms with E-state index in [2.05, 4.69) is 32.9 Å². The summed E-state index contributed by atoms with van der Waals surface area (Å²) in [7, 11) is 0. The van der Waals surface area contributed by atoms with Crippen LogP contribution in [-0.2, 0) is 6.42 Å². The summed E-state index contributed by atoms with van der Waals surface area (Å²) in [6, 6.07) is 11.8. The van der Waals surface area contributed by atoms with Crippen LogP contribution in [0.3, 0.4) is 0 Å². The Morgan fingerprint density at radius 1 is 1.24 bits per heavy atom. The predicted octanol–water partition coefficient (Wildman–Crippen LogP) is 3.99. The van der Waals surface area contributed by atoms with Crippen molar-refractivity contribution < 1.29 is 0 Å². The molecule has 88 valence electrons. The minimum atomic E-state index is 0.768. The summed E-state index contributed by atoms with van der Waals surface area (Å²) in [4.78, 5) is 4.28. The fraction of sp³-hybridized carbons (Fsp3) is 0.154. The van der Waals surface area contributed by atoms with Crippen molar-refractivity contribution in [3.05, 3.63) is 56.9 Å². The number of aromatic nitrogens is 1. The molecule has 0 radical (unpaired) electrons. The van der Waals surface area contributed by atoms with Gasteiger partial charge in [-0.15, -0.1) is 0 Å². The minimum Gasteiger partial charge on any atom is -0.384 e. The third kappa shape index (κ3) is 3.85. The molecule has 0 saturated heterocycles. The number of nitrogens with one attached hydrogen (secondary N) is 1. The lowest BCUT2D eigenvalue weighted by Gasteiger charge is -2.08. The summed E-state index contributed by atoms with van der Waals surface area (Å²) in [5.74, 6) is 0. The van der Waals surface area contributed by atoms with Crippen molar-refractivity contribution in [2.24, 2.45) is 0 Å². The minimum absolute atomic E-state index is 0.768. The number of hydrogen-bond donors (Lipinski definition) is 1. The van der Waals surface area contributed by atoms with Crippen LogP contribution in [0.5, 0.6) is 0 Å². The molecule has 0 fully saturated rings. The van der Waals surface area contributed by atoms with Crippen molar-refractivity contribution in [2.45, 2.75) is 6.42 Å². The predicted molar refractivity (Wildman–Crippen MR) is 80.6 cm³/mol. The molecule has 1 N–H and O–H groups in total. The molecule has 0 aliphatic carbocycles. The van der Waals surface area contributed by atoms with E-state index in [1.54, 1.807) is 0 Å². The molecule has 0 amide bonds. The average Bonchev–Trinajstić information content (AvgIpc) is 2.33. The van der Waals surface area contributed by atoms with Crippen molar-refractivity contribution in [3.63, 3.8) is 0 Å². The van der Waals surface area contributed by atoms with E-state index in [1.807, 2.05) is 42.6 Å². The Balaban J connectivity index is 1.90. The molecular formula is C13H12ClIN2. The first kappa shape index (κ1) is 12.6. The van der Waals surface area contributed by atoms with E-state index in [9.17, 15) is 0 Å². The van der Waals surface area contributed by atoms with E-state index in [0.29, 0.717) is 0 Å². The summed E-state index contributed by atoms with van der Waals surface area (Å²) in [5, 5.41) is 4.15. The molecule has 1 aromatic heterocycles. The number of anilines is 1. The molecule has 0 aliphatic heterocycles. The second-order valence-electron chi connectivity index (χ2n) is 3.62. The molecule has 17 heavy (non-hydrogen) atoms. The molecule has 1 aromatic carbocycles. The fourth-order valence-electron chi connectivity index (χ4n) is 1.50. The van der Waals surface area contributed by atoms with Crippen molar-refractivity contribution in [2.75, 3.05) is 11.9 Å². The highest BCUT2D eigenvalue weighted by Gasteiger charge is 2.00. The molecule has 0 atom stereocenters. The lowest BCUT2D eigenvalue weighted by Crippen LogP contribution is -2.06. The van der Waals surface area contributed by atoms with Gasteiger partial charge < -0.3 is 5.32 Å². The molecule has 0 saturated carbocycles.